The smallest absolute Gasteiger partial charge is 0.335 e. The van der Waals surface area contributed by atoms with Crippen LogP contribution in [0.4, 0.5) is 0 Å². The molecule has 1 aliphatic heterocycles. The lowest BCUT2D eigenvalue weighted by molar-refractivity contribution is 0.0697. The monoisotopic (exact) mass is 339 g/mol. The summed E-state index contributed by atoms with van der Waals surface area (Å²) in [7, 11) is 0. The Bertz CT molecular complexity index is 756. The van der Waals surface area contributed by atoms with Gasteiger partial charge in [-0.05, 0) is 58.4 Å². The highest BCUT2D eigenvalue weighted by atomic mass is 16.4. The number of aromatic nitrogens is 2. The van der Waals surface area contributed by atoms with Gasteiger partial charge in [-0.15, -0.1) is 0 Å². The lowest BCUT2D eigenvalue weighted by Gasteiger charge is -2.34. The Morgan fingerprint density at radius 3 is 2.60 bits per heavy atom. The largest absolute Gasteiger partial charge is 0.478 e. The van der Waals surface area contributed by atoms with E-state index >= 15 is 0 Å². The van der Waals surface area contributed by atoms with E-state index in [0.29, 0.717) is 12.0 Å². The lowest BCUT2D eigenvalue weighted by atomic mass is 9.95. The van der Waals surface area contributed by atoms with E-state index in [4.69, 9.17) is 15.1 Å². The highest BCUT2D eigenvalue weighted by molar-refractivity contribution is 5.88. The van der Waals surface area contributed by atoms with Crippen molar-refractivity contribution in [2.45, 2.75) is 45.6 Å². The van der Waals surface area contributed by atoms with E-state index in [0.717, 1.165) is 42.3 Å². The second kappa shape index (κ2) is 7.31. The van der Waals surface area contributed by atoms with Gasteiger partial charge in [0.2, 0.25) is 0 Å². The van der Waals surface area contributed by atoms with E-state index in [9.17, 15) is 4.79 Å². The summed E-state index contributed by atoms with van der Waals surface area (Å²) in [5.74, 6) is 0.345. The number of aryl methyl sites for hydroxylation is 1. The van der Waals surface area contributed by atoms with E-state index in [1.807, 2.05) is 25.1 Å². The van der Waals surface area contributed by atoms with Crippen molar-refractivity contribution in [2.75, 3.05) is 13.1 Å². The molecule has 0 spiro atoms. The maximum atomic E-state index is 11.0. The fraction of sp³-hybridized carbons (Fsp3) is 0.450. The number of piperidine rings is 1. The molecule has 0 radical (unpaired) electrons. The number of carboxylic acid groups (broad SMARTS) is 1. The van der Waals surface area contributed by atoms with Crippen molar-refractivity contribution in [1.29, 1.82) is 0 Å². The van der Waals surface area contributed by atoms with Crippen LogP contribution in [-0.2, 0) is 0 Å². The predicted octanol–water partition coefficient (Wildman–Crippen LogP) is 3.74. The third-order valence-electron chi connectivity index (χ3n) is 4.85. The highest BCUT2D eigenvalue weighted by Gasteiger charge is 2.25. The van der Waals surface area contributed by atoms with Crippen molar-refractivity contribution in [2.24, 2.45) is 0 Å². The number of carbonyl (C=O) groups is 1. The Balaban J connectivity index is 1.89. The van der Waals surface area contributed by atoms with Crippen LogP contribution in [0.5, 0.6) is 0 Å². The minimum Gasteiger partial charge on any atom is -0.478 e. The topological polar surface area (TPSA) is 66.3 Å². The average Bonchev–Trinajstić information content (AvgIpc) is 2.61. The number of nitrogens with zero attached hydrogens (tertiary/aromatic N) is 3. The zero-order chi connectivity index (χ0) is 18.0. The molecule has 132 valence electrons. The molecule has 0 aliphatic carbocycles. The molecule has 3 rings (SSSR count). The second-order valence-electron chi connectivity index (χ2n) is 7.06. The van der Waals surface area contributed by atoms with Crippen molar-refractivity contribution in [3.63, 3.8) is 0 Å². The maximum absolute atomic E-state index is 11.0. The van der Waals surface area contributed by atoms with Crippen molar-refractivity contribution in [3.8, 4) is 11.3 Å². The van der Waals surface area contributed by atoms with Crippen LogP contribution >= 0.6 is 0 Å². The summed E-state index contributed by atoms with van der Waals surface area (Å²) in [6.45, 7) is 8.59. The van der Waals surface area contributed by atoms with Crippen molar-refractivity contribution >= 4 is 5.97 Å². The molecule has 1 aromatic heterocycles. The average molecular weight is 339 g/mol. The molecule has 25 heavy (non-hydrogen) atoms. The summed E-state index contributed by atoms with van der Waals surface area (Å²) < 4.78 is 0. The molecule has 5 heteroatoms. The van der Waals surface area contributed by atoms with Crippen LogP contribution in [0.15, 0.2) is 30.3 Å². The normalized spacial score (nSPS) is 18.5. The summed E-state index contributed by atoms with van der Waals surface area (Å²) in [6.07, 6.45) is 2.28. The zero-order valence-electron chi connectivity index (χ0n) is 15.1. The first-order valence-electron chi connectivity index (χ1n) is 8.87. The van der Waals surface area contributed by atoms with Crippen LogP contribution in [0.3, 0.4) is 0 Å². The number of carboxylic acids is 1. The summed E-state index contributed by atoms with van der Waals surface area (Å²) in [6, 6.07) is 9.37. The SMILES string of the molecule is Cc1cc(-c2ccc(C(=O)O)cc2)nc(C2CCCN(C(C)C)C2)n1. The molecule has 1 aliphatic rings. The summed E-state index contributed by atoms with van der Waals surface area (Å²) in [5.41, 5.74) is 3.02. The van der Waals surface area contributed by atoms with Crippen molar-refractivity contribution < 1.29 is 9.90 Å². The number of likely N-dealkylation sites (tertiary alicyclic amines) is 1. The Hall–Kier alpha value is -2.27. The molecule has 1 unspecified atom stereocenters. The van der Waals surface area contributed by atoms with Crippen molar-refractivity contribution in [1.82, 2.24) is 14.9 Å². The van der Waals surface area contributed by atoms with Gasteiger partial charge >= 0.3 is 5.97 Å². The molecular formula is C20H25N3O2. The van der Waals surface area contributed by atoms with Crippen LogP contribution in [0, 0.1) is 6.92 Å². The molecule has 1 aromatic carbocycles. The van der Waals surface area contributed by atoms with Gasteiger partial charge in [0.1, 0.15) is 5.82 Å². The van der Waals surface area contributed by atoms with Gasteiger partial charge in [-0.25, -0.2) is 14.8 Å². The summed E-state index contributed by atoms with van der Waals surface area (Å²) in [5, 5.41) is 9.04. The number of aromatic carboxylic acids is 1. The van der Waals surface area contributed by atoms with Gasteiger partial charge in [-0.1, -0.05) is 12.1 Å². The van der Waals surface area contributed by atoms with Gasteiger partial charge < -0.3 is 10.0 Å². The number of hydrogen-bond acceptors (Lipinski definition) is 4. The third kappa shape index (κ3) is 4.04. The molecule has 5 nitrogen and oxygen atoms in total. The van der Waals surface area contributed by atoms with E-state index in [2.05, 4.69) is 18.7 Å². The van der Waals surface area contributed by atoms with E-state index in [-0.39, 0.29) is 5.56 Å². The predicted molar refractivity (Wildman–Crippen MR) is 97.8 cm³/mol. The molecular weight excluding hydrogens is 314 g/mol. The van der Waals surface area contributed by atoms with Gasteiger partial charge in [-0.3, -0.25) is 0 Å². The first-order valence-corrected chi connectivity index (χ1v) is 8.87. The van der Waals surface area contributed by atoms with Gasteiger partial charge in [0, 0.05) is 29.8 Å². The van der Waals surface area contributed by atoms with E-state index in [1.54, 1.807) is 12.1 Å². The quantitative estimate of drug-likeness (QED) is 0.919. The first-order chi connectivity index (χ1) is 11.9. The second-order valence-corrected chi connectivity index (χ2v) is 7.06. The third-order valence-corrected chi connectivity index (χ3v) is 4.85. The van der Waals surface area contributed by atoms with Gasteiger partial charge in [0.15, 0.2) is 0 Å². The summed E-state index contributed by atoms with van der Waals surface area (Å²) in [4.78, 5) is 23.0. The van der Waals surface area contributed by atoms with E-state index < -0.39 is 5.97 Å². The van der Waals surface area contributed by atoms with Crippen LogP contribution < -0.4 is 0 Å². The molecule has 1 atom stereocenters. The molecule has 0 amide bonds. The highest BCUT2D eigenvalue weighted by Crippen LogP contribution is 2.28. The van der Waals surface area contributed by atoms with Crippen LogP contribution in [0.1, 0.15) is 54.5 Å². The molecule has 1 N–H and O–H groups in total. The zero-order valence-corrected chi connectivity index (χ0v) is 15.1. The lowest BCUT2D eigenvalue weighted by Crippen LogP contribution is -2.39. The Morgan fingerprint density at radius 2 is 1.96 bits per heavy atom. The molecule has 1 fully saturated rings. The minimum atomic E-state index is -0.915. The minimum absolute atomic E-state index is 0.287. The number of rotatable bonds is 4. The standard InChI is InChI=1S/C20H25N3O2/c1-13(2)23-10-4-5-17(12-23)19-21-14(3)11-18(22-19)15-6-8-16(9-7-15)20(24)25/h6-9,11,13,17H,4-5,10,12H2,1-3H3,(H,24,25). The molecule has 1 saturated heterocycles. The number of benzene rings is 1. The maximum Gasteiger partial charge on any atom is 0.335 e. The van der Waals surface area contributed by atoms with Gasteiger partial charge in [0.25, 0.3) is 0 Å². The molecule has 0 saturated carbocycles. The first kappa shape index (κ1) is 17.5. The van der Waals surface area contributed by atoms with Gasteiger partial charge in [0.05, 0.1) is 11.3 Å². The Kier molecular flexibility index (Phi) is 5.13. The van der Waals surface area contributed by atoms with E-state index in [1.165, 1.54) is 6.42 Å². The van der Waals surface area contributed by atoms with Crippen LogP contribution in [-0.4, -0.2) is 45.1 Å². The van der Waals surface area contributed by atoms with Crippen LogP contribution in [0.2, 0.25) is 0 Å². The Morgan fingerprint density at radius 1 is 1.24 bits per heavy atom. The number of hydrogen-bond donors (Lipinski definition) is 1. The van der Waals surface area contributed by atoms with Gasteiger partial charge in [-0.2, -0.15) is 0 Å². The molecule has 2 heterocycles. The Labute approximate surface area is 148 Å². The van der Waals surface area contributed by atoms with Crippen molar-refractivity contribution in [3.05, 3.63) is 47.4 Å². The molecule has 2 aromatic rings. The molecule has 0 bridgehead atoms. The fourth-order valence-corrected chi connectivity index (χ4v) is 3.39. The fourth-order valence-electron chi connectivity index (χ4n) is 3.39. The summed E-state index contributed by atoms with van der Waals surface area (Å²) >= 11 is 0. The van der Waals surface area contributed by atoms with Crippen LogP contribution in [0.25, 0.3) is 11.3 Å².